The van der Waals surface area contributed by atoms with Gasteiger partial charge in [0.15, 0.2) is 5.76 Å². The summed E-state index contributed by atoms with van der Waals surface area (Å²) in [5.41, 5.74) is 0.865. The lowest BCUT2D eigenvalue weighted by Gasteiger charge is -2.13. The van der Waals surface area contributed by atoms with Gasteiger partial charge >= 0.3 is 5.97 Å². The van der Waals surface area contributed by atoms with Gasteiger partial charge in [0.2, 0.25) is 0 Å². The Bertz CT molecular complexity index is 322. The average molecular weight is 212 g/mol. The van der Waals surface area contributed by atoms with Gasteiger partial charge in [-0.2, -0.15) is 0 Å². The number of carboxylic acid groups (broad SMARTS) is 1. The van der Waals surface area contributed by atoms with Crippen molar-refractivity contribution in [2.24, 2.45) is 0 Å². The van der Waals surface area contributed by atoms with E-state index < -0.39 is 5.97 Å². The molecule has 1 heterocycles. The number of carboxylic acids is 1. The van der Waals surface area contributed by atoms with Crippen LogP contribution in [0.1, 0.15) is 24.3 Å². The summed E-state index contributed by atoms with van der Waals surface area (Å²) in [6.45, 7) is 3.28. The van der Waals surface area contributed by atoms with E-state index in [9.17, 15) is 4.79 Å². The zero-order valence-electron chi connectivity index (χ0n) is 9.06. The molecule has 5 heteroatoms. The monoisotopic (exact) mass is 212 g/mol. The number of hydrogen-bond acceptors (Lipinski definition) is 4. The van der Waals surface area contributed by atoms with Crippen molar-refractivity contribution in [2.45, 2.75) is 26.3 Å². The van der Waals surface area contributed by atoms with Crippen LogP contribution in [0.25, 0.3) is 0 Å². The zero-order chi connectivity index (χ0) is 11.3. The third-order valence-electron chi connectivity index (χ3n) is 2.03. The first-order valence-corrected chi connectivity index (χ1v) is 4.90. The second kappa shape index (κ2) is 5.50. The van der Waals surface area contributed by atoms with Gasteiger partial charge in [-0.15, -0.1) is 0 Å². The Morgan fingerprint density at radius 1 is 1.67 bits per heavy atom. The molecule has 1 rings (SSSR count). The van der Waals surface area contributed by atoms with E-state index in [0.29, 0.717) is 13.0 Å². The molecule has 84 valence electrons. The molecule has 0 saturated heterocycles. The highest BCUT2D eigenvalue weighted by molar-refractivity contribution is 5.66. The molecule has 0 atom stereocenters. The molecule has 1 aromatic rings. The number of aryl methyl sites for hydroxylation is 1. The van der Waals surface area contributed by atoms with Gasteiger partial charge in [0, 0.05) is 12.5 Å². The lowest BCUT2D eigenvalue weighted by atomic mass is 10.3. The molecule has 0 bridgehead atoms. The molecule has 0 aromatic carbocycles. The van der Waals surface area contributed by atoms with Gasteiger partial charge in [0.1, 0.15) is 0 Å². The molecule has 1 N–H and O–H groups in total. The number of nitrogens with zero attached hydrogens (tertiary/aromatic N) is 2. The summed E-state index contributed by atoms with van der Waals surface area (Å²) in [6.07, 6.45) is 0.860. The van der Waals surface area contributed by atoms with Crippen molar-refractivity contribution >= 4 is 5.97 Å². The zero-order valence-corrected chi connectivity index (χ0v) is 9.06. The first-order valence-electron chi connectivity index (χ1n) is 4.90. The van der Waals surface area contributed by atoms with Gasteiger partial charge in [-0.25, -0.2) is 0 Å². The quantitative estimate of drug-likeness (QED) is 0.769. The normalized spacial score (nSPS) is 10.9. The Kier molecular flexibility index (Phi) is 4.30. The number of rotatable bonds is 6. The summed E-state index contributed by atoms with van der Waals surface area (Å²) in [4.78, 5) is 12.3. The second-order valence-electron chi connectivity index (χ2n) is 3.67. The fraction of sp³-hybridized carbons (Fsp3) is 0.600. The van der Waals surface area contributed by atoms with Crippen LogP contribution in [-0.2, 0) is 11.3 Å². The first-order chi connectivity index (χ1) is 7.08. The molecule has 1 aromatic heterocycles. The molecule has 0 fully saturated rings. The average Bonchev–Trinajstić information content (AvgIpc) is 2.50. The van der Waals surface area contributed by atoms with Crippen LogP contribution >= 0.6 is 0 Å². The standard InChI is InChI=1S/C10H16N2O3/c1-8-6-9(15-11-8)7-12(2)5-3-4-10(13)14/h6H,3-5,7H2,1-2H3,(H,13,14). The summed E-state index contributed by atoms with van der Waals surface area (Å²) < 4.78 is 5.05. The maximum absolute atomic E-state index is 10.3. The van der Waals surface area contributed by atoms with Crippen LogP contribution in [0, 0.1) is 6.92 Å². The molecule has 0 aliphatic carbocycles. The summed E-state index contributed by atoms with van der Waals surface area (Å²) in [5.74, 6) is 0.0595. The van der Waals surface area contributed by atoms with Crippen molar-refractivity contribution in [3.63, 3.8) is 0 Å². The molecule has 15 heavy (non-hydrogen) atoms. The van der Waals surface area contributed by atoms with Gasteiger partial charge in [-0.1, -0.05) is 5.16 Å². The first kappa shape index (κ1) is 11.7. The Morgan fingerprint density at radius 2 is 2.40 bits per heavy atom. The maximum Gasteiger partial charge on any atom is 0.303 e. The minimum absolute atomic E-state index is 0.208. The van der Waals surface area contributed by atoms with Gasteiger partial charge in [-0.05, 0) is 26.9 Å². The fourth-order valence-electron chi connectivity index (χ4n) is 1.34. The molecule has 0 saturated carbocycles. The van der Waals surface area contributed by atoms with E-state index in [2.05, 4.69) is 5.16 Å². The van der Waals surface area contributed by atoms with Crippen molar-refractivity contribution in [1.82, 2.24) is 10.1 Å². The third-order valence-corrected chi connectivity index (χ3v) is 2.03. The van der Waals surface area contributed by atoms with E-state index in [0.717, 1.165) is 18.0 Å². The van der Waals surface area contributed by atoms with Crippen LogP contribution in [0.3, 0.4) is 0 Å². The summed E-state index contributed by atoms with van der Waals surface area (Å²) >= 11 is 0. The van der Waals surface area contributed by atoms with Crippen molar-refractivity contribution < 1.29 is 14.4 Å². The van der Waals surface area contributed by atoms with E-state index in [4.69, 9.17) is 9.63 Å². The topological polar surface area (TPSA) is 66.6 Å². The molecule has 0 radical (unpaired) electrons. The predicted octanol–water partition coefficient (Wildman–Crippen LogP) is 1.28. The van der Waals surface area contributed by atoms with Crippen molar-refractivity contribution in [3.8, 4) is 0 Å². The Labute approximate surface area is 88.7 Å². The summed E-state index contributed by atoms with van der Waals surface area (Å²) in [5, 5.41) is 12.3. The number of aliphatic carboxylic acids is 1. The lowest BCUT2D eigenvalue weighted by Crippen LogP contribution is -2.19. The molecule has 0 spiro atoms. The smallest absolute Gasteiger partial charge is 0.303 e. The largest absolute Gasteiger partial charge is 0.481 e. The van der Waals surface area contributed by atoms with Crippen LogP contribution < -0.4 is 0 Å². The van der Waals surface area contributed by atoms with Crippen LogP contribution in [0.15, 0.2) is 10.6 Å². The Hall–Kier alpha value is -1.36. The number of carbonyl (C=O) groups is 1. The highest BCUT2D eigenvalue weighted by Gasteiger charge is 2.05. The van der Waals surface area contributed by atoms with Crippen molar-refractivity contribution in [3.05, 3.63) is 17.5 Å². The van der Waals surface area contributed by atoms with E-state index in [1.165, 1.54) is 0 Å². The van der Waals surface area contributed by atoms with Crippen LogP contribution in [-0.4, -0.2) is 34.7 Å². The summed E-state index contributed by atoms with van der Waals surface area (Å²) in [7, 11) is 1.93. The minimum atomic E-state index is -0.751. The molecule has 0 amide bonds. The maximum atomic E-state index is 10.3. The lowest BCUT2D eigenvalue weighted by molar-refractivity contribution is -0.137. The minimum Gasteiger partial charge on any atom is -0.481 e. The second-order valence-corrected chi connectivity index (χ2v) is 3.67. The van der Waals surface area contributed by atoms with Gasteiger partial charge in [0.25, 0.3) is 0 Å². The number of hydrogen-bond donors (Lipinski definition) is 1. The molecular formula is C10H16N2O3. The number of aromatic nitrogens is 1. The van der Waals surface area contributed by atoms with Gasteiger partial charge in [0.05, 0.1) is 12.2 Å². The Morgan fingerprint density at radius 3 is 2.93 bits per heavy atom. The highest BCUT2D eigenvalue weighted by atomic mass is 16.5. The molecular weight excluding hydrogens is 196 g/mol. The molecule has 0 aliphatic rings. The highest BCUT2D eigenvalue weighted by Crippen LogP contribution is 2.05. The van der Waals surface area contributed by atoms with Gasteiger partial charge < -0.3 is 9.63 Å². The summed E-state index contributed by atoms with van der Waals surface area (Å²) in [6, 6.07) is 1.88. The van der Waals surface area contributed by atoms with E-state index in [1.807, 2.05) is 24.9 Å². The molecule has 0 unspecified atom stereocenters. The van der Waals surface area contributed by atoms with Gasteiger partial charge in [-0.3, -0.25) is 9.69 Å². The molecule has 5 nitrogen and oxygen atoms in total. The van der Waals surface area contributed by atoms with Crippen molar-refractivity contribution in [1.29, 1.82) is 0 Å². The van der Waals surface area contributed by atoms with E-state index in [1.54, 1.807) is 0 Å². The fourth-order valence-corrected chi connectivity index (χ4v) is 1.34. The third kappa shape index (κ3) is 4.60. The predicted molar refractivity (Wildman–Crippen MR) is 54.4 cm³/mol. The van der Waals surface area contributed by atoms with Crippen LogP contribution in [0.5, 0.6) is 0 Å². The molecule has 0 aliphatic heterocycles. The Balaban J connectivity index is 2.24. The SMILES string of the molecule is Cc1cc(CN(C)CCCC(=O)O)on1. The van der Waals surface area contributed by atoms with E-state index >= 15 is 0 Å². The van der Waals surface area contributed by atoms with Crippen molar-refractivity contribution in [2.75, 3.05) is 13.6 Å². The van der Waals surface area contributed by atoms with E-state index in [-0.39, 0.29) is 6.42 Å². The van der Waals surface area contributed by atoms with Crippen LogP contribution in [0.2, 0.25) is 0 Å². The van der Waals surface area contributed by atoms with Crippen LogP contribution in [0.4, 0.5) is 0 Å².